The van der Waals surface area contributed by atoms with Gasteiger partial charge >= 0.3 is 0 Å². The van der Waals surface area contributed by atoms with E-state index in [0.29, 0.717) is 0 Å². The van der Waals surface area contributed by atoms with E-state index in [-0.39, 0.29) is 0 Å². The zero-order valence-electron chi connectivity index (χ0n) is 8.24. The molecule has 1 heterocycles. The first kappa shape index (κ1) is 10.5. The molecule has 1 aromatic heterocycles. The molecule has 0 aliphatic rings. The molecule has 0 aliphatic carbocycles. The van der Waals surface area contributed by atoms with Crippen LogP contribution in [0.3, 0.4) is 0 Å². The van der Waals surface area contributed by atoms with Crippen LogP contribution in [0.25, 0.3) is 0 Å². The van der Waals surface area contributed by atoms with Crippen molar-refractivity contribution in [1.82, 2.24) is 9.97 Å². The quantitative estimate of drug-likeness (QED) is 0.593. The Bertz CT molecular complexity index is 286. The van der Waals surface area contributed by atoms with Gasteiger partial charge in [0.25, 0.3) is 0 Å². The van der Waals surface area contributed by atoms with Gasteiger partial charge in [0.15, 0.2) is 0 Å². The van der Waals surface area contributed by atoms with Crippen molar-refractivity contribution in [2.45, 2.75) is 30.8 Å². The molecular weight excluding hydrogens is 182 g/mol. The molecule has 1 atom stereocenters. The summed E-state index contributed by atoms with van der Waals surface area (Å²) < 4.78 is 0. The van der Waals surface area contributed by atoms with Gasteiger partial charge in [-0.1, -0.05) is 6.92 Å². The van der Waals surface area contributed by atoms with Crippen molar-refractivity contribution in [2.24, 2.45) is 5.73 Å². The van der Waals surface area contributed by atoms with Crippen molar-refractivity contribution >= 4 is 11.8 Å². The average Bonchev–Trinajstić information content (AvgIpc) is 2.18. The fourth-order valence-electron chi connectivity index (χ4n) is 0.889. The molecule has 1 unspecified atom stereocenters. The van der Waals surface area contributed by atoms with E-state index < -0.39 is 5.54 Å². The van der Waals surface area contributed by atoms with Crippen LogP contribution >= 0.6 is 11.8 Å². The van der Waals surface area contributed by atoms with E-state index in [1.165, 1.54) is 0 Å². The van der Waals surface area contributed by atoms with Crippen LogP contribution in [0.1, 0.15) is 26.1 Å². The Hall–Kier alpha value is -0.610. The van der Waals surface area contributed by atoms with Crippen LogP contribution in [0, 0.1) is 0 Å². The summed E-state index contributed by atoms with van der Waals surface area (Å²) in [4.78, 5) is 8.54. The molecule has 0 radical (unpaired) electrons. The highest BCUT2D eigenvalue weighted by atomic mass is 32.2. The number of nitrogens with two attached hydrogens (primary N) is 1. The molecule has 0 amide bonds. The Morgan fingerprint density at radius 1 is 1.62 bits per heavy atom. The average molecular weight is 197 g/mol. The first-order valence-electron chi connectivity index (χ1n) is 4.26. The molecule has 4 heteroatoms. The zero-order chi connectivity index (χ0) is 9.90. The van der Waals surface area contributed by atoms with Crippen LogP contribution in [0.15, 0.2) is 17.3 Å². The van der Waals surface area contributed by atoms with Gasteiger partial charge in [-0.05, 0) is 25.7 Å². The SMILES string of the molecule is CCC(C)(N)c1nccc(SC)n1. The maximum Gasteiger partial charge on any atom is 0.149 e. The molecule has 2 N–H and O–H groups in total. The molecule has 13 heavy (non-hydrogen) atoms. The monoisotopic (exact) mass is 197 g/mol. The van der Waals surface area contributed by atoms with Crippen LogP contribution in [0.5, 0.6) is 0 Å². The maximum atomic E-state index is 6.03. The van der Waals surface area contributed by atoms with Crippen molar-refractivity contribution in [2.75, 3.05) is 6.26 Å². The van der Waals surface area contributed by atoms with E-state index in [0.717, 1.165) is 17.3 Å². The molecule has 0 saturated carbocycles. The molecule has 0 aromatic carbocycles. The fraction of sp³-hybridized carbons (Fsp3) is 0.556. The lowest BCUT2D eigenvalue weighted by Crippen LogP contribution is -2.34. The molecule has 0 aliphatic heterocycles. The lowest BCUT2D eigenvalue weighted by atomic mass is 10.00. The lowest BCUT2D eigenvalue weighted by molar-refractivity contribution is 0.441. The molecular formula is C9H15N3S. The molecule has 0 saturated heterocycles. The summed E-state index contributed by atoms with van der Waals surface area (Å²) in [6.07, 6.45) is 4.59. The van der Waals surface area contributed by atoms with Gasteiger partial charge in [0.1, 0.15) is 5.82 Å². The van der Waals surface area contributed by atoms with E-state index >= 15 is 0 Å². The van der Waals surface area contributed by atoms with Gasteiger partial charge in [0, 0.05) is 6.20 Å². The lowest BCUT2D eigenvalue weighted by Gasteiger charge is -2.20. The minimum absolute atomic E-state index is 0.411. The van der Waals surface area contributed by atoms with Crippen LogP contribution in [0.4, 0.5) is 0 Å². The highest BCUT2D eigenvalue weighted by Gasteiger charge is 2.21. The van der Waals surface area contributed by atoms with Crippen molar-refractivity contribution in [3.63, 3.8) is 0 Å². The normalized spacial score (nSPS) is 15.4. The largest absolute Gasteiger partial charge is 0.319 e. The first-order chi connectivity index (χ1) is 6.10. The van der Waals surface area contributed by atoms with E-state index in [1.54, 1.807) is 18.0 Å². The molecule has 72 valence electrons. The Kier molecular flexibility index (Phi) is 3.27. The molecule has 1 aromatic rings. The summed E-state index contributed by atoms with van der Waals surface area (Å²) in [5, 5.41) is 0.968. The van der Waals surface area contributed by atoms with E-state index in [2.05, 4.69) is 9.97 Å². The summed E-state index contributed by atoms with van der Waals surface area (Å²) in [6, 6.07) is 1.89. The number of thioether (sulfide) groups is 1. The second kappa shape index (κ2) is 4.07. The third-order valence-corrected chi connectivity index (χ3v) is 2.73. The van der Waals surface area contributed by atoms with Crippen LogP contribution in [-0.4, -0.2) is 16.2 Å². The van der Waals surface area contributed by atoms with Gasteiger partial charge in [-0.25, -0.2) is 9.97 Å². The van der Waals surface area contributed by atoms with Gasteiger partial charge in [0.2, 0.25) is 0 Å². The standard InChI is InChI=1S/C9H15N3S/c1-4-9(2,10)8-11-6-5-7(12-8)13-3/h5-6H,4,10H2,1-3H3. The molecule has 0 fully saturated rings. The highest BCUT2D eigenvalue weighted by Crippen LogP contribution is 2.19. The van der Waals surface area contributed by atoms with E-state index in [9.17, 15) is 0 Å². The summed E-state index contributed by atoms with van der Waals surface area (Å²) in [7, 11) is 0. The van der Waals surface area contributed by atoms with Crippen molar-refractivity contribution in [1.29, 1.82) is 0 Å². The van der Waals surface area contributed by atoms with E-state index in [1.807, 2.05) is 26.2 Å². The van der Waals surface area contributed by atoms with Gasteiger partial charge in [-0.3, -0.25) is 0 Å². The number of nitrogens with zero attached hydrogens (tertiary/aromatic N) is 2. The van der Waals surface area contributed by atoms with Gasteiger partial charge in [0.05, 0.1) is 10.6 Å². The summed E-state index contributed by atoms with van der Waals surface area (Å²) in [5.41, 5.74) is 5.62. The van der Waals surface area contributed by atoms with Crippen LogP contribution < -0.4 is 5.73 Å². The minimum Gasteiger partial charge on any atom is -0.319 e. The topological polar surface area (TPSA) is 51.8 Å². The minimum atomic E-state index is -0.411. The summed E-state index contributed by atoms with van der Waals surface area (Å²) in [6.45, 7) is 3.99. The Morgan fingerprint density at radius 3 is 2.85 bits per heavy atom. The molecule has 3 nitrogen and oxygen atoms in total. The second-order valence-electron chi connectivity index (χ2n) is 3.19. The Balaban J connectivity index is 3.01. The summed E-state index contributed by atoms with van der Waals surface area (Å²) >= 11 is 1.60. The predicted octanol–water partition coefficient (Wildman–Crippen LogP) is 1.78. The maximum absolute atomic E-state index is 6.03. The Labute approximate surface area is 83.2 Å². The second-order valence-corrected chi connectivity index (χ2v) is 4.02. The number of rotatable bonds is 3. The molecule has 0 spiro atoms. The molecule has 1 rings (SSSR count). The van der Waals surface area contributed by atoms with Crippen LogP contribution in [-0.2, 0) is 5.54 Å². The van der Waals surface area contributed by atoms with E-state index in [4.69, 9.17) is 5.73 Å². The first-order valence-corrected chi connectivity index (χ1v) is 5.49. The summed E-state index contributed by atoms with van der Waals surface area (Å²) in [5.74, 6) is 0.724. The number of hydrogen-bond donors (Lipinski definition) is 1. The zero-order valence-corrected chi connectivity index (χ0v) is 9.06. The fourth-order valence-corrected chi connectivity index (χ4v) is 1.26. The highest BCUT2D eigenvalue weighted by molar-refractivity contribution is 7.98. The molecule has 0 bridgehead atoms. The third kappa shape index (κ3) is 2.42. The predicted molar refractivity (Wildman–Crippen MR) is 55.6 cm³/mol. The smallest absolute Gasteiger partial charge is 0.149 e. The van der Waals surface area contributed by atoms with Crippen molar-refractivity contribution < 1.29 is 0 Å². The third-order valence-electron chi connectivity index (χ3n) is 2.08. The van der Waals surface area contributed by atoms with Crippen molar-refractivity contribution in [3.05, 3.63) is 18.1 Å². The van der Waals surface area contributed by atoms with Gasteiger partial charge in [-0.15, -0.1) is 11.8 Å². The number of hydrogen-bond acceptors (Lipinski definition) is 4. The van der Waals surface area contributed by atoms with Gasteiger partial charge < -0.3 is 5.73 Å². The van der Waals surface area contributed by atoms with Crippen LogP contribution in [0.2, 0.25) is 0 Å². The van der Waals surface area contributed by atoms with Crippen molar-refractivity contribution in [3.8, 4) is 0 Å². The van der Waals surface area contributed by atoms with Gasteiger partial charge in [-0.2, -0.15) is 0 Å². The number of aromatic nitrogens is 2. The Morgan fingerprint density at radius 2 is 2.31 bits per heavy atom.